The summed E-state index contributed by atoms with van der Waals surface area (Å²) in [6, 6.07) is 9.95. The summed E-state index contributed by atoms with van der Waals surface area (Å²) in [7, 11) is 0. The van der Waals surface area contributed by atoms with Crippen LogP contribution in [0.1, 0.15) is 17.4 Å². The number of aliphatic hydroxyl groups is 1. The van der Waals surface area contributed by atoms with Crippen molar-refractivity contribution >= 4 is 51.4 Å². The third kappa shape index (κ3) is 4.58. The Morgan fingerprint density at radius 2 is 2.13 bits per heavy atom. The molecular weight excluding hydrogens is 434 g/mol. The van der Waals surface area contributed by atoms with E-state index in [1.165, 1.54) is 24.3 Å². The number of hydrogen-bond acceptors (Lipinski definition) is 8. The molecule has 1 heterocycles. The zero-order valence-electron chi connectivity index (χ0n) is 15.0. The molecule has 11 nitrogen and oxygen atoms in total. The largest absolute Gasteiger partial charge is 0.382 e. The molecule has 6 N–H and O–H groups in total. The number of thiocarbonyl (C=S) groups is 1. The molecule has 3 rings (SSSR count). The van der Waals surface area contributed by atoms with E-state index in [-0.39, 0.29) is 27.8 Å². The number of nitrogens with two attached hydrogens (primary N) is 1. The monoisotopic (exact) mass is 447 g/mol. The van der Waals surface area contributed by atoms with E-state index in [1.807, 2.05) is 0 Å². The first-order valence-corrected chi connectivity index (χ1v) is 9.05. The van der Waals surface area contributed by atoms with Gasteiger partial charge < -0.3 is 10.1 Å². The second-order valence-electron chi connectivity index (χ2n) is 5.91. The number of nitro groups is 1. The number of rotatable bonds is 5. The van der Waals surface area contributed by atoms with E-state index >= 15 is 0 Å². The summed E-state index contributed by atoms with van der Waals surface area (Å²) in [4.78, 5) is 30.0. The van der Waals surface area contributed by atoms with E-state index in [4.69, 9.17) is 29.7 Å². The number of benzene rings is 2. The van der Waals surface area contributed by atoms with Crippen molar-refractivity contribution in [3.8, 4) is 0 Å². The predicted octanol–water partition coefficient (Wildman–Crippen LogP) is 1.26. The molecule has 1 aromatic heterocycles. The van der Waals surface area contributed by atoms with E-state index in [9.17, 15) is 20.0 Å². The third-order valence-corrected chi connectivity index (χ3v) is 4.41. The average Bonchev–Trinajstić information content (AvgIpc) is 2.73. The van der Waals surface area contributed by atoms with Gasteiger partial charge in [-0.05, 0) is 36.0 Å². The van der Waals surface area contributed by atoms with Crippen LogP contribution in [0.25, 0.3) is 11.0 Å². The van der Waals surface area contributed by atoms with Gasteiger partial charge in [0.2, 0.25) is 5.11 Å². The minimum atomic E-state index is -1.55. The molecule has 0 bridgehead atoms. The van der Waals surface area contributed by atoms with Crippen molar-refractivity contribution in [3.63, 3.8) is 0 Å². The zero-order chi connectivity index (χ0) is 21.8. The van der Waals surface area contributed by atoms with Crippen LogP contribution in [0.5, 0.6) is 0 Å². The molecule has 154 valence electrons. The highest BCUT2D eigenvalue weighted by Crippen LogP contribution is 2.23. The lowest BCUT2D eigenvalue weighted by Gasteiger charge is -2.14. The van der Waals surface area contributed by atoms with Gasteiger partial charge in [-0.3, -0.25) is 25.8 Å². The lowest BCUT2D eigenvalue weighted by Crippen LogP contribution is -2.38. The topological polar surface area (TPSA) is 172 Å². The van der Waals surface area contributed by atoms with Gasteiger partial charge in [0.05, 0.1) is 16.0 Å². The first kappa shape index (κ1) is 21.3. The Morgan fingerprint density at radius 1 is 1.37 bits per heavy atom. The number of halogens is 1. The van der Waals surface area contributed by atoms with Gasteiger partial charge in [0.15, 0.2) is 5.69 Å². The molecule has 0 radical (unpaired) electrons. The van der Waals surface area contributed by atoms with Gasteiger partial charge in [-0.15, -0.1) is 0 Å². The van der Waals surface area contributed by atoms with Crippen molar-refractivity contribution in [2.24, 2.45) is 10.9 Å². The van der Waals surface area contributed by atoms with E-state index in [2.05, 4.69) is 25.9 Å². The Kier molecular flexibility index (Phi) is 6.32. The molecule has 0 saturated heterocycles. The number of hydrazone groups is 1. The van der Waals surface area contributed by atoms with Crippen molar-refractivity contribution in [1.29, 1.82) is 0 Å². The van der Waals surface area contributed by atoms with Crippen molar-refractivity contribution in [1.82, 2.24) is 20.8 Å². The minimum Gasteiger partial charge on any atom is -0.382 e. The fraction of sp³-hybridized carbons (Fsp3) is 0.0588. The number of hydrogen-bond donors (Lipinski definition) is 5. The van der Waals surface area contributed by atoms with Gasteiger partial charge in [-0.2, -0.15) is 5.10 Å². The summed E-state index contributed by atoms with van der Waals surface area (Å²) >= 11 is 10.8. The minimum absolute atomic E-state index is 0.0947. The summed E-state index contributed by atoms with van der Waals surface area (Å²) in [5.74, 6) is 5.20. The van der Waals surface area contributed by atoms with Crippen LogP contribution in [0, 0.1) is 10.1 Å². The highest BCUT2D eigenvalue weighted by atomic mass is 35.5. The Labute approximate surface area is 178 Å². The Morgan fingerprint density at radius 3 is 2.83 bits per heavy atom. The number of aromatic nitrogens is 2. The third-order valence-electron chi connectivity index (χ3n) is 3.96. The molecule has 0 spiro atoms. The molecule has 13 heteroatoms. The SMILES string of the molecule is NNC(=S)N/N=C(\c1nc2ccc(Cl)cc2[nH]c1=O)[C@@H](O)c1cccc([N+](=O)[O-])c1. The average molecular weight is 448 g/mol. The quantitative estimate of drug-likeness (QED) is 0.127. The maximum atomic E-state index is 12.6. The molecule has 3 aromatic rings. The molecule has 2 aromatic carbocycles. The number of hydrazine groups is 1. The molecule has 0 fully saturated rings. The van der Waals surface area contributed by atoms with E-state index in [0.29, 0.717) is 16.1 Å². The molecule has 1 atom stereocenters. The van der Waals surface area contributed by atoms with Gasteiger partial charge in [-0.1, -0.05) is 23.7 Å². The van der Waals surface area contributed by atoms with Gasteiger partial charge in [0.25, 0.3) is 11.2 Å². The number of aliphatic hydroxyl groups excluding tert-OH is 1. The van der Waals surface area contributed by atoms with Crippen molar-refractivity contribution in [2.45, 2.75) is 6.10 Å². The van der Waals surface area contributed by atoms with E-state index in [0.717, 1.165) is 6.07 Å². The van der Waals surface area contributed by atoms with Gasteiger partial charge >= 0.3 is 0 Å². The number of H-pyrrole nitrogens is 1. The first-order chi connectivity index (χ1) is 14.3. The number of nitro benzene ring substituents is 1. The van der Waals surface area contributed by atoms with Crippen LogP contribution in [-0.2, 0) is 0 Å². The summed E-state index contributed by atoms with van der Waals surface area (Å²) in [6.45, 7) is 0. The summed E-state index contributed by atoms with van der Waals surface area (Å²) < 4.78 is 0. The maximum absolute atomic E-state index is 12.6. The molecule has 0 unspecified atom stereocenters. The van der Waals surface area contributed by atoms with Crippen LogP contribution in [-0.4, -0.2) is 30.8 Å². The van der Waals surface area contributed by atoms with E-state index < -0.39 is 16.6 Å². The lowest BCUT2D eigenvalue weighted by atomic mass is 10.0. The molecule has 0 amide bonds. The normalized spacial score (nSPS) is 12.4. The Bertz CT molecular complexity index is 1230. The molecule has 0 aliphatic heterocycles. The summed E-state index contributed by atoms with van der Waals surface area (Å²) in [5, 5.41) is 26.2. The van der Waals surface area contributed by atoms with Crippen molar-refractivity contribution < 1.29 is 10.0 Å². The molecule has 0 aliphatic rings. The number of fused-ring (bicyclic) bond motifs is 1. The zero-order valence-corrected chi connectivity index (χ0v) is 16.6. The van der Waals surface area contributed by atoms with Crippen LogP contribution in [0.3, 0.4) is 0 Å². The Hall–Kier alpha value is -3.45. The van der Waals surface area contributed by atoms with Crippen LogP contribution in [0.4, 0.5) is 5.69 Å². The number of aromatic amines is 1. The predicted molar refractivity (Wildman–Crippen MR) is 115 cm³/mol. The standard InChI is InChI=1S/C17H14ClN7O4S/c18-9-4-5-11-12(7-9)21-16(27)14(20-11)13(23-24-17(30)22-19)15(26)8-2-1-3-10(6-8)25(28)29/h1-7,15,26H,19H2,(H,21,27)(H2,22,24,30)/b23-13+/t15-/m0/s1. The Balaban J connectivity index is 2.15. The van der Waals surface area contributed by atoms with Crippen LogP contribution < -0.4 is 22.3 Å². The fourth-order valence-electron chi connectivity index (χ4n) is 2.59. The first-order valence-electron chi connectivity index (χ1n) is 8.26. The smallest absolute Gasteiger partial charge is 0.276 e. The highest BCUT2D eigenvalue weighted by molar-refractivity contribution is 7.80. The van der Waals surface area contributed by atoms with Crippen LogP contribution >= 0.6 is 23.8 Å². The molecule has 30 heavy (non-hydrogen) atoms. The summed E-state index contributed by atoms with van der Waals surface area (Å²) in [6.07, 6.45) is -1.55. The van der Waals surface area contributed by atoms with Crippen LogP contribution in [0.15, 0.2) is 52.4 Å². The van der Waals surface area contributed by atoms with Gasteiger partial charge in [-0.25, -0.2) is 10.8 Å². The summed E-state index contributed by atoms with van der Waals surface area (Å²) in [5.41, 5.74) is 4.04. The maximum Gasteiger partial charge on any atom is 0.276 e. The highest BCUT2D eigenvalue weighted by Gasteiger charge is 2.24. The van der Waals surface area contributed by atoms with Crippen molar-refractivity contribution in [2.75, 3.05) is 0 Å². The number of nitrogens with one attached hydrogen (secondary N) is 3. The molecule has 0 saturated carbocycles. The fourth-order valence-corrected chi connectivity index (χ4v) is 2.80. The second kappa shape index (κ2) is 8.92. The number of nitrogens with zero attached hydrogens (tertiary/aromatic N) is 3. The lowest BCUT2D eigenvalue weighted by molar-refractivity contribution is -0.385. The van der Waals surface area contributed by atoms with Crippen molar-refractivity contribution in [3.05, 3.63) is 79.2 Å². The van der Waals surface area contributed by atoms with Gasteiger partial charge in [0.1, 0.15) is 11.8 Å². The molecule has 0 aliphatic carbocycles. The molecular formula is C17H14ClN7O4S. The van der Waals surface area contributed by atoms with E-state index in [1.54, 1.807) is 12.1 Å². The van der Waals surface area contributed by atoms with Crippen LogP contribution in [0.2, 0.25) is 5.02 Å². The second-order valence-corrected chi connectivity index (χ2v) is 6.76. The number of non-ortho nitro benzene ring substituents is 1. The van der Waals surface area contributed by atoms with Gasteiger partial charge in [0, 0.05) is 17.2 Å².